The van der Waals surface area contributed by atoms with E-state index in [-0.39, 0.29) is 0 Å². The summed E-state index contributed by atoms with van der Waals surface area (Å²) in [5, 5.41) is 5.57. The molecule has 0 aliphatic carbocycles. The summed E-state index contributed by atoms with van der Waals surface area (Å²) in [5.74, 6) is 1.73. The topological polar surface area (TPSA) is 43.6 Å². The van der Waals surface area contributed by atoms with Gasteiger partial charge >= 0.3 is 0 Å². The number of benzene rings is 1. The van der Waals surface area contributed by atoms with Crippen LogP contribution in [0.15, 0.2) is 30.5 Å². The van der Waals surface area contributed by atoms with Gasteiger partial charge in [0.15, 0.2) is 5.82 Å². The zero-order chi connectivity index (χ0) is 13.4. The summed E-state index contributed by atoms with van der Waals surface area (Å²) in [7, 11) is 0. The molecule has 0 fully saturated rings. The van der Waals surface area contributed by atoms with Crippen molar-refractivity contribution in [3.8, 4) is 11.4 Å². The summed E-state index contributed by atoms with van der Waals surface area (Å²) in [5.41, 5.74) is 3.32. The van der Waals surface area contributed by atoms with E-state index in [9.17, 15) is 0 Å². The summed E-state index contributed by atoms with van der Waals surface area (Å²) in [6.07, 6.45) is 1.82. The van der Waals surface area contributed by atoms with Gasteiger partial charge < -0.3 is 0 Å². The van der Waals surface area contributed by atoms with Gasteiger partial charge in [-0.2, -0.15) is 5.10 Å². The smallest absolute Gasteiger partial charge is 0.159 e. The van der Waals surface area contributed by atoms with Gasteiger partial charge in [0.05, 0.1) is 5.52 Å². The van der Waals surface area contributed by atoms with E-state index in [1.165, 1.54) is 5.56 Å². The lowest BCUT2D eigenvalue weighted by molar-refractivity contribution is 0.660. The lowest BCUT2D eigenvalue weighted by Gasteiger charge is -2.09. The predicted octanol–water partition coefficient (Wildman–Crippen LogP) is 3.13. The lowest BCUT2D eigenvalue weighted by Crippen LogP contribution is -2.01. The first kappa shape index (κ1) is 11.8. The molecule has 0 unspecified atom stereocenters. The van der Waals surface area contributed by atoms with E-state index in [0.29, 0.717) is 0 Å². The molecule has 0 spiro atoms. The number of hydrogen-bond acceptors (Lipinski definition) is 3. The molecule has 0 saturated carbocycles. The lowest BCUT2D eigenvalue weighted by atomic mass is 10.0. The Labute approximate surface area is 112 Å². The Morgan fingerprint density at radius 1 is 1.16 bits per heavy atom. The molecule has 0 N–H and O–H groups in total. The molecule has 19 heavy (non-hydrogen) atoms. The molecule has 0 aliphatic heterocycles. The molecule has 0 aliphatic rings. The van der Waals surface area contributed by atoms with Crippen LogP contribution in [0.1, 0.15) is 18.3 Å². The Hall–Kier alpha value is -2.23. The second kappa shape index (κ2) is 4.46. The molecule has 0 amide bonds. The van der Waals surface area contributed by atoms with Crippen molar-refractivity contribution in [1.29, 1.82) is 0 Å². The van der Waals surface area contributed by atoms with Crippen molar-refractivity contribution in [1.82, 2.24) is 19.7 Å². The van der Waals surface area contributed by atoms with Crippen LogP contribution in [0, 0.1) is 13.8 Å². The number of hydrogen-bond donors (Lipinski definition) is 0. The van der Waals surface area contributed by atoms with Crippen LogP contribution < -0.4 is 0 Å². The average Bonchev–Trinajstić information content (AvgIpc) is 2.79. The van der Waals surface area contributed by atoms with Crippen LogP contribution >= 0.6 is 0 Å². The molecular weight excluding hydrogens is 236 g/mol. The van der Waals surface area contributed by atoms with Crippen molar-refractivity contribution >= 4 is 10.9 Å². The quantitative estimate of drug-likeness (QED) is 0.703. The van der Waals surface area contributed by atoms with E-state index in [2.05, 4.69) is 41.0 Å². The second-order valence-electron chi connectivity index (χ2n) is 4.63. The fourth-order valence-corrected chi connectivity index (χ4v) is 2.42. The van der Waals surface area contributed by atoms with Crippen LogP contribution in [0.3, 0.4) is 0 Å². The van der Waals surface area contributed by atoms with Gasteiger partial charge in [-0.25, -0.2) is 9.67 Å². The van der Waals surface area contributed by atoms with E-state index in [1.54, 1.807) is 0 Å². The molecular formula is C15H16N4. The van der Waals surface area contributed by atoms with E-state index in [1.807, 2.05) is 29.9 Å². The first-order valence-corrected chi connectivity index (χ1v) is 6.47. The van der Waals surface area contributed by atoms with Crippen LogP contribution in [-0.2, 0) is 6.54 Å². The van der Waals surface area contributed by atoms with Gasteiger partial charge in [0.25, 0.3) is 0 Å². The average molecular weight is 252 g/mol. The van der Waals surface area contributed by atoms with Crippen molar-refractivity contribution < 1.29 is 0 Å². The monoisotopic (exact) mass is 252 g/mol. The van der Waals surface area contributed by atoms with Gasteiger partial charge in [0.2, 0.25) is 0 Å². The molecule has 0 bridgehead atoms. The fraction of sp³-hybridized carbons (Fsp3) is 0.267. The number of pyridine rings is 1. The molecule has 3 rings (SSSR count). The van der Waals surface area contributed by atoms with E-state index < -0.39 is 0 Å². The van der Waals surface area contributed by atoms with Crippen molar-refractivity contribution in [3.05, 3.63) is 41.9 Å². The summed E-state index contributed by atoms with van der Waals surface area (Å²) < 4.78 is 1.95. The van der Waals surface area contributed by atoms with E-state index >= 15 is 0 Å². The van der Waals surface area contributed by atoms with Gasteiger partial charge in [0, 0.05) is 23.7 Å². The number of aryl methyl sites for hydroxylation is 3. The molecule has 1 aromatic carbocycles. The first-order chi connectivity index (χ1) is 9.20. The van der Waals surface area contributed by atoms with Crippen molar-refractivity contribution in [2.75, 3.05) is 0 Å². The van der Waals surface area contributed by atoms with Crippen LogP contribution in [-0.4, -0.2) is 19.7 Å². The van der Waals surface area contributed by atoms with Crippen LogP contribution in [0.4, 0.5) is 0 Å². The molecule has 0 radical (unpaired) electrons. The second-order valence-corrected chi connectivity index (χ2v) is 4.63. The number of fused-ring (bicyclic) bond motifs is 1. The summed E-state index contributed by atoms with van der Waals surface area (Å²) in [6, 6.07) is 8.20. The first-order valence-electron chi connectivity index (χ1n) is 6.47. The SMILES string of the molecule is CCn1nc(C)nc1-c1c(C)ccc2ncccc12. The Kier molecular flexibility index (Phi) is 2.78. The van der Waals surface area contributed by atoms with Crippen LogP contribution in [0.5, 0.6) is 0 Å². The Balaban J connectivity index is 2.38. The normalized spacial score (nSPS) is 11.1. The minimum atomic E-state index is 0.803. The number of nitrogens with zero attached hydrogens (tertiary/aromatic N) is 4. The summed E-state index contributed by atoms with van der Waals surface area (Å²) >= 11 is 0. The number of aromatic nitrogens is 4. The highest BCUT2D eigenvalue weighted by Crippen LogP contribution is 2.29. The fourth-order valence-electron chi connectivity index (χ4n) is 2.42. The Morgan fingerprint density at radius 2 is 2.00 bits per heavy atom. The minimum Gasteiger partial charge on any atom is -0.256 e. The number of rotatable bonds is 2. The maximum absolute atomic E-state index is 4.59. The van der Waals surface area contributed by atoms with Gasteiger partial charge in [-0.1, -0.05) is 12.1 Å². The summed E-state index contributed by atoms with van der Waals surface area (Å²) in [4.78, 5) is 9.00. The van der Waals surface area contributed by atoms with Crippen LogP contribution in [0.2, 0.25) is 0 Å². The van der Waals surface area contributed by atoms with Crippen molar-refractivity contribution in [2.45, 2.75) is 27.3 Å². The van der Waals surface area contributed by atoms with Gasteiger partial charge in [-0.05, 0) is 38.5 Å². The zero-order valence-electron chi connectivity index (χ0n) is 11.4. The third-order valence-corrected chi connectivity index (χ3v) is 3.29. The highest BCUT2D eigenvalue weighted by atomic mass is 15.3. The van der Waals surface area contributed by atoms with Crippen molar-refractivity contribution in [3.63, 3.8) is 0 Å². The molecule has 2 heterocycles. The molecule has 0 atom stereocenters. The highest BCUT2D eigenvalue weighted by molar-refractivity contribution is 5.94. The molecule has 2 aromatic heterocycles. The van der Waals surface area contributed by atoms with Crippen molar-refractivity contribution in [2.24, 2.45) is 0 Å². The third-order valence-electron chi connectivity index (χ3n) is 3.29. The minimum absolute atomic E-state index is 0.803. The molecule has 96 valence electrons. The maximum atomic E-state index is 4.59. The standard InChI is InChI=1S/C15H16N4/c1-4-19-15(17-11(3)18-19)14-10(2)7-8-13-12(14)6-5-9-16-13/h5-9H,4H2,1-3H3. The zero-order valence-corrected chi connectivity index (χ0v) is 11.4. The molecule has 4 heteroatoms. The maximum Gasteiger partial charge on any atom is 0.159 e. The third kappa shape index (κ3) is 1.89. The molecule has 0 saturated heterocycles. The summed E-state index contributed by atoms with van der Waals surface area (Å²) in [6.45, 7) is 6.92. The predicted molar refractivity (Wildman–Crippen MR) is 75.9 cm³/mol. The molecule has 3 aromatic rings. The Morgan fingerprint density at radius 3 is 2.79 bits per heavy atom. The van der Waals surface area contributed by atoms with Gasteiger partial charge in [-0.15, -0.1) is 0 Å². The molecule has 4 nitrogen and oxygen atoms in total. The van der Waals surface area contributed by atoms with Crippen LogP contribution in [0.25, 0.3) is 22.3 Å². The Bertz CT molecular complexity index is 743. The van der Waals surface area contributed by atoms with E-state index in [0.717, 1.165) is 34.7 Å². The van der Waals surface area contributed by atoms with Gasteiger partial charge in [-0.3, -0.25) is 4.98 Å². The highest BCUT2D eigenvalue weighted by Gasteiger charge is 2.14. The largest absolute Gasteiger partial charge is 0.256 e. The van der Waals surface area contributed by atoms with Gasteiger partial charge in [0.1, 0.15) is 5.82 Å². The van der Waals surface area contributed by atoms with E-state index in [4.69, 9.17) is 0 Å².